The molecule has 0 saturated heterocycles. The molecule has 7 heteroatoms. The molecule has 0 amide bonds. The molecule has 0 aliphatic heterocycles. The van der Waals surface area contributed by atoms with Gasteiger partial charge in [0.05, 0.1) is 15.5 Å². The summed E-state index contributed by atoms with van der Waals surface area (Å²) in [6.45, 7) is 2.44. The lowest BCUT2D eigenvalue weighted by Gasteiger charge is -2.08. The summed E-state index contributed by atoms with van der Waals surface area (Å²) in [7, 11) is 0. The normalized spacial score (nSPS) is 10.5. The number of nitrogens with zero attached hydrogens (tertiary/aromatic N) is 1. The van der Waals surface area contributed by atoms with Crippen LogP contribution in [0.15, 0.2) is 27.4 Å². The third kappa shape index (κ3) is 3.10. The van der Waals surface area contributed by atoms with Crippen molar-refractivity contribution in [3.8, 4) is 0 Å². The number of hydrogen-bond acceptors (Lipinski definition) is 4. The van der Waals surface area contributed by atoms with Gasteiger partial charge in [0, 0.05) is 6.54 Å². The van der Waals surface area contributed by atoms with Gasteiger partial charge in [-0.1, -0.05) is 0 Å². The SMILES string of the molecule is Cc1cscc1CNc1cc(Br)c(F)cc1[N+](=O)[O-]. The number of hydrogen-bond donors (Lipinski definition) is 1. The molecule has 0 atom stereocenters. The number of rotatable bonds is 4. The highest BCUT2D eigenvalue weighted by molar-refractivity contribution is 9.10. The maximum absolute atomic E-state index is 13.3. The number of nitro groups is 1. The van der Waals surface area contributed by atoms with E-state index in [4.69, 9.17) is 0 Å². The maximum atomic E-state index is 13.3. The van der Waals surface area contributed by atoms with Gasteiger partial charge in [0.25, 0.3) is 5.69 Å². The summed E-state index contributed by atoms with van der Waals surface area (Å²) in [5, 5.41) is 17.9. The Morgan fingerprint density at radius 1 is 1.47 bits per heavy atom. The maximum Gasteiger partial charge on any atom is 0.295 e. The third-order valence-corrected chi connectivity index (χ3v) is 4.18. The molecule has 0 aliphatic rings. The van der Waals surface area contributed by atoms with Crippen LogP contribution in [-0.2, 0) is 6.54 Å². The molecular weight excluding hydrogens is 335 g/mol. The van der Waals surface area contributed by atoms with Crippen molar-refractivity contribution in [2.75, 3.05) is 5.32 Å². The monoisotopic (exact) mass is 344 g/mol. The van der Waals surface area contributed by atoms with E-state index in [1.165, 1.54) is 6.07 Å². The van der Waals surface area contributed by atoms with E-state index in [2.05, 4.69) is 21.2 Å². The number of anilines is 1. The zero-order valence-corrected chi connectivity index (χ0v) is 12.3. The van der Waals surface area contributed by atoms with Gasteiger partial charge in [0.1, 0.15) is 11.5 Å². The van der Waals surface area contributed by atoms with Crippen molar-refractivity contribution in [2.24, 2.45) is 0 Å². The Morgan fingerprint density at radius 3 is 2.79 bits per heavy atom. The number of nitrogens with one attached hydrogen (secondary N) is 1. The highest BCUT2D eigenvalue weighted by Gasteiger charge is 2.17. The van der Waals surface area contributed by atoms with Crippen LogP contribution in [-0.4, -0.2) is 4.92 Å². The van der Waals surface area contributed by atoms with Crippen LogP contribution >= 0.6 is 27.3 Å². The molecule has 1 heterocycles. The molecule has 0 aliphatic carbocycles. The van der Waals surface area contributed by atoms with Crippen molar-refractivity contribution in [2.45, 2.75) is 13.5 Å². The molecule has 0 spiro atoms. The van der Waals surface area contributed by atoms with Crippen molar-refractivity contribution in [1.29, 1.82) is 0 Å². The molecule has 2 aromatic rings. The van der Waals surface area contributed by atoms with E-state index in [0.717, 1.165) is 17.2 Å². The van der Waals surface area contributed by atoms with E-state index in [1.54, 1.807) is 11.3 Å². The largest absolute Gasteiger partial charge is 0.375 e. The minimum Gasteiger partial charge on any atom is -0.375 e. The topological polar surface area (TPSA) is 55.2 Å². The van der Waals surface area contributed by atoms with Gasteiger partial charge >= 0.3 is 0 Å². The highest BCUT2D eigenvalue weighted by Crippen LogP contribution is 2.31. The van der Waals surface area contributed by atoms with Gasteiger partial charge in [0.15, 0.2) is 0 Å². The van der Waals surface area contributed by atoms with Gasteiger partial charge in [-0.05, 0) is 50.8 Å². The second-order valence-corrected chi connectivity index (χ2v) is 5.57. The lowest BCUT2D eigenvalue weighted by molar-refractivity contribution is -0.384. The van der Waals surface area contributed by atoms with Crippen LogP contribution in [0.4, 0.5) is 15.8 Å². The average Bonchev–Trinajstić information content (AvgIpc) is 2.75. The molecule has 1 aromatic heterocycles. The minimum absolute atomic E-state index is 0.197. The van der Waals surface area contributed by atoms with E-state index in [0.29, 0.717) is 12.2 Å². The quantitative estimate of drug-likeness (QED) is 0.657. The fourth-order valence-corrected chi connectivity index (χ4v) is 2.79. The summed E-state index contributed by atoms with van der Waals surface area (Å²) < 4.78 is 13.5. The minimum atomic E-state index is -0.649. The summed E-state index contributed by atoms with van der Waals surface area (Å²) >= 11 is 4.60. The molecule has 0 radical (unpaired) electrons. The molecule has 100 valence electrons. The second kappa shape index (κ2) is 5.66. The zero-order chi connectivity index (χ0) is 14.0. The lowest BCUT2D eigenvalue weighted by atomic mass is 10.2. The molecule has 2 rings (SSSR count). The van der Waals surface area contributed by atoms with Crippen LogP contribution < -0.4 is 5.32 Å². The second-order valence-electron chi connectivity index (χ2n) is 3.97. The molecule has 1 aromatic carbocycles. The number of halogens is 2. The van der Waals surface area contributed by atoms with Gasteiger partial charge in [0.2, 0.25) is 0 Å². The number of benzene rings is 1. The Hall–Kier alpha value is -1.47. The standard InChI is InChI=1S/C12H10BrFN2O2S/c1-7-5-19-6-8(7)4-15-11-2-9(13)10(14)3-12(11)16(17)18/h2-3,5-6,15H,4H2,1H3. The van der Waals surface area contributed by atoms with Crippen molar-refractivity contribution in [1.82, 2.24) is 0 Å². The van der Waals surface area contributed by atoms with Gasteiger partial charge < -0.3 is 5.32 Å². The van der Waals surface area contributed by atoms with Gasteiger partial charge in [-0.25, -0.2) is 4.39 Å². The van der Waals surface area contributed by atoms with Crippen LogP contribution in [0.5, 0.6) is 0 Å². The summed E-state index contributed by atoms with van der Waals surface area (Å²) in [5.41, 5.74) is 2.22. The molecule has 0 unspecified atom stereocenters. The highest BCUT2D eigenvalue weighted by atomic mass is 79.9. The van der Waals surface area contributed by atoms with Crippen molar-refractivity contribution in [3.05, 3.63) is 54.4 Å². The van der Waals surface area contributed by atoms with Gasteiger partial charge in [-0.3, -0.25) is 10.1 Å². The molecule has 0 saturated carbocycles. The summed E-state index contributed by atoms with van der Waals surface area (Å²) in [5.74, 6) is -0.649. The van der Waals surface area contributed by atoms with Crippen LogP contribution in [0.3, 0.4) is 0 Å². The Labute approximate surface area is 121 Å². The molecule has 0 fully saturated rings. The molecule has 0 bridgehead atoms. The van der Waals surface area contributed by atoms with E-state index >= 15 is 0 Å². The van der Waals surface area contributed by atoms with Gasteiger partial charge in [-0.2, -0.15) is 11.3 Å². The zero-order valence-electron chi connectivity index (χ0n) is 9.94. The third-order valence-electron chi connectivity index (χ3n) is 2.67. The fourth-order valence-electron chi connectivity index (χ4n) is 1.59. The number of nitro benzene ring substituents is 1. The molecular formula is C12H10BrFN2O2S. The summed E-state index contributed by atoms with van der Waals surface area (Å²) in [6, 6.07) is 2.29. The number of aryl methyl sites for hydroxylation is 1. The predicted molar refractivity (Wildman–Crippen MR) is 77.1 cm³/mol. The van der Waals surface area contributed by atoms with Crippen molar-refractivity contribution >= 4 is 38.6 Å². The van der Waals surface area contributed by atoms with E-state index in [-0.39, 0.29) is 10.2 Å². The number of thiophene rings is 1. The van der Waals surface area contributed by atoms with E-state index in [1.807, 2.05) is 17.7 Å². The van der Waals surface area contributed by atoms with Crippen molar-refractivity contribution in [3.63, 3.8) is 0 Å². The van der Waals surface area contributed by atoms with Crippen molar-refractivity contribution < 1.29 is 9.31 Å². The van der Waals surface area contributed by atoms with E-state index < -0.39 is 10.7 Å². The first-order chi connectivity index (χ1) is 8.99. The molecule has 1 N–H and O–H groups in total. The first-order valence-electron chi connectivity index (χ1n) is 5.38. The van der Waals surface area contributed by atoms with Gasteiger partial charge in [-0.15, -0.1) is 0 Å². The first kappa shape index (κ1) is 14.0. The van der Waals surface area contributed by atoms with Crippen LogP contribution in [0.1, 0.15) is 11.1 Å². The lowest BCUT2D eigenvalue weighted by Crippen LogP contribution is -2.03. The Morgan fingerprint density at radius 2 is 2.21 bits per heavy atom. The average molecular weight is 345 g/mol. The Bertz CT molecular complexity index is 630. The Kier molecular flexibility index (Phi) is 4.16. The Balaban J connectivity index is 2.26. The first-order valence-corrected chi connectivity index (χ1v) is 7.11. The summed E-state index contributed by atoms with van der Waals surface area (Å²) in [4.78, 5) is 10.3. The van der Waals surface area contributed by atoms with Crippen LogP contribution in [0.25, 0.3) is 0 Å². The smallest absolute Gasteiger partial charge is 0.295 e. The molecule has 4 nitrogen and oxygen atoms in total. The van der Waals surface area contributed by atoms with Crippen LogP contribution in [0.2, 0.25) is 0 Å². The summed E-state index contributed by atoms with van der Waals surface area (Å²) in [6.07, 6.45) is 0. The van der Waals surface area contributed by atoms with Crippen LogP contribution in [0, 0.1) is 22.9 Å². The molecule has 19 heavy (non-hydrogen) atoms. The fraction of sp³-hybridized carbons (Fsp3) is 0.167. The predicted octanol–water partition coefficient (Wildman–Crippen LogP) is 4.48. The van der Waals surface area contributed by atoms with E-state index in [9.17, 15) is 14.5 Å².